The van der Waals surface area contributed by atoms with Crippen molar-refractivity contribution < 1.29 is 19.1 Å². The van der Waals surface area contributed by atoms with Gasteiger partial charge < -0.3 is 15.7 Å². The van der Waals surface area contributed by atoms with Crippen LogP contribution >= 0.6 is 0 Å². The summed E-state index contributed by atoms with van der Waals surface area (Å²) in [5.74, 6) is -1.25. The van der Waals surface area contributed by atoms with E-state index in [4.69, 9.17) is 5.11 Å². The Hall–Kier alpha value is -2.18. The zero-order valence-corrected chi connectivity index (χ0v) is 9.81. The summed E-state index contributed by atoms with van der Waals surface area (Å²) < 4.78 is 11.9. The molecule has 3 N–H and O–H groups in total. The Bertz CT molecular complexity index is 439. The number of carboxylic acids is 1. The molecule has 0 aromatic carbocycles. The standard InChI is InChI=1S/C11H14FN3O3/c1-7(10(16)13-6-5-12)14-9-4-2-3-8(15-9)11(17)18/h2-4,7H,5-6H2,1H3,(H,13,16)(H,14,15)(H,17,18). The lowest BCUT2D eigenvalue weighted by atomic mass is 10.3. The predicted molar refractivity (Wildman–Crippen MR) is 63.3 cm³/mol. The molecule has 1 atom stereocenters. The molecule has 0 aliphatic heterocycles. The number of amides is 1. The molecule has 1 amide bonds. The van der Waals surface area contributed by atoms with Gasteiger partial charge in [-0.05, 0) is 19.1 Å². The normalized spacial score (nSPS) is 11.7. The molecule has 6 nitrogen and oxygen atoms in total. The van der Waals surface area contributed by atoms with Crippen molar-refractivity contribution in [3.05, 3.63) is 23.9 Å². The zero-order chi connectivity index (χ0) is 13.5. The van der Waals surface area contributed by atoms with Crippen molar-refractivity contribution in [3.63, 3.8) is 0 Å². The van der Waals surface area contributed by atoms with Crippen LogP contribution in [0.25, 0.3) is 0 Å². The van der Waals surface area contributed by atoms with Crippen molar-refractivity contribution in [3.8, 4) is 0 Å². The van der Waals surface area contributed by atoms with Gasteiger partial charge in [0.15, 0.2) is 5.69 Å². The molecular formula is C11H14FN3O3. The molecule has 0 aliphatic carbocycles. The molecule has 0 saturated heterocycles. The van der Waals surface area contributed by atoms with E-state index in [1.807, 2.05) is 0 Å². The van der Waals surface area contributed by atoms with Crippen LogP contribution in [0, 0.1) is 0 Å². The average molecular weight is 255 g/mol. The largest absolute Gasteiger partial charge is 0.477 e. The Labute approximate surface area is 103 Å². The number of hydrogen-bond acceptors (Lipinski definition) is 4. The highest BCUT2D eigenvalue weighted by Gasteiger charge is 2.13. The van der Waals surface area contributed by atoms with Crippen LogP contribution in [0.2, 0.25) is 0 Å². The van der Waals surface area contributed by atoms with Gasteiger partial charge in [-0.3, -0.25) is 4.79 Å². The molecule has 0 fully saturated rings. The Morgan fingerprint density at radius 3 is 2.83 bits per heavy atom. The molecular weight excluding hydrogens is 241 g/mol. The van der Waals surface area contributed by atoms with E-state index in [1.165, 1.54) is 12.1 Å². The number of aromatic nitrogens is 1. The second-order valence-corrected chi connectivity index (χ2v) is 3.56. The van der Waals surface area contributed by atoms with E-state index in [2.05, 4.69) is 15.6 Å². The van der Waals surface area contributed by atoms with Crippen molar-refractivity contribution in [2.45, 2.75) is 13.0 Å². The van der Waals surface area contributed by atoms with Gasteiger partial charge >= 0.3 is 5.97 Å². The summed E-state index contributed by atoms with van der Waals surface area (Å²) in [6.07, 6.45) is 0. The molecule has 1 aromatic heterocycles. The van der Waals surface area contributed by atoms with E-state index in [0.29, 0.717) is 0 Å². The summed E-state index contributed by atoms with van der Waals surface area (Å²) in [4.78, 5) is 26.0. The van der Waals surface area contributed by atoms with Gasteiger partial charge in [0.05, 0.1) is 0 Å². The van der Waals surface area contributed by atoms with Gasteiger partial charge in [0.1, 0.15) is 18.5 Å². The van der Waals surface area contributed by atoms with Crippen LogP contribution in [0.3, 0.4) is 0 Å². The molecule has 1 heterocycles. The zero-order valence-electron chi connectivity index (χ0n) is 9.81. The number of anilines is 1. The first-order valence-corrected chi connectivity index (χ1v) is 5.35. The third-order valence-corrected chi connectivity index (χ3v) is 2.12. The summed E-state index contributed by atoms with van der Waals surface area (Å²) in [6, 6.07) is 3.78. The fourth-order valence-electron chi connectivity index (χ4n) is 1.25. The maximum Gasteiger partial charge on any atom is 0.354 e. The molecule has 0 bridgehead atoms. The molecule has 0 radical (unpaired) electrons. The third-order valence-electron chi connectivity index (χ3n) is 2.12. The summed E-state index contributed by atoms with van der Waals surface area (Å²) in [5.41, 5.74) is -0.114. The quantitative estimate of drug-likeness (QED) is 0.694. The molecule has 1 aromatic rings. The average Bonchev–Trinajstić information content (AvgIpc) is 2.36. The van der Waals surface area contributed by atoms with E-state index in [-0.39, 0.29) is 24.0 Å². The minimum atomic E-state index is -1.15. The van der Waals surface area contributed by atoms with E-state index < -0.39 is 18.7 Å². The van der Waals surface area contributed by atoms with Gasteiger partial charge in [-0.25, -0.2) is 14.2 Å². The second kappa shape index (κ2) is 6.53. The number of aromatic carboxylic acids is 1. The highest BCUT2D eigenvalue weighted by Crippen LogP contribution is 2.06. The lowest BCUT2D eigenvalue weighted by Crippen LogP contribution is -2.38. The first-order chi connectivity index (χ1) is 8.54. The molecule has 18 heavy (non-hydrogen) atoms. The predicted octanol–water partition coefficient (Wildman–Crippen LogP) is 0.666. The van der Waals surface area contributed by atoms with Crippen LogP contribution in [0.15, 0.2) is 18.2 Å². The maximum atomic E-state index is 11.9. The van der Waals surface area contributed by atoms with Gasteiger partial charge in [0.25, 0.3) is 0 Å². The Morgan fingerprint density at radius 1 is 1.50 bits per heavy atom. The number of alkyl halides is 1. The van der Waals surface area contributed by atoms with Crippen LogP contribution in [0.4, 0.5) is 10.2 Å². The third kappa shape index (κ3) is 4.00. The maximum absolute atomic E-state index is 11.9. The number of halogens is 1. The Kier molecular flexibility index (Phi) is 5.04. The number of carbonyl (C=O) groups is 2. The van der Waals surface area contributed by atoms with Crippen molar-refractivity contribution >= 4 is 17.7 Å². The fraction of sp³-hybridized carbons (Fsp3) is 0.364. The van der Waals surface area contributed by atoms with Crippen LogP contribution in [0.1, 0.15) is 17.4 Å². The van der Waals surface area contributed by atoms with Crippen molar-refractivity contribution in [1.82, 2.24) is 10.3 Å². The molecule has 0 saturated carbocycles. The molecule has 1 unspecified atom stereocenters. The molecule has 98 valence electrons. The molecule has 0 aliphatic rings. The lowest BCUT2D eigenvalue weighted by Gasteiger charge is -2.14. The van der Waals surface area contributed by atoms with Crippen LogP contribution < -0.4 is 10.6 Å². The second-order valence-electron chi connectivity index (χ2n) is 3.56. The minimum Gasteiger partial charge on any atom is -0.477 e. The van der Waals surface area contributed by atoms with E-state index in [1.54, 1.807) is 13.0 Å². The van der Waals surface area contributed by atoms with Crippen LogP contribution in [0.5, 0.6) is 0 Å². The molecule has 0 spiro atoms. The van der Waals surface area contributed by atoms with E-state index in [9.17, 15) is 14.0 Å². The first kappa shape index (κ1) is 13.9. The number of hydrogen-bond donors (Lipinski definition) is 3. The highest BCUT2D eigenvalue weighted by atomic mass is 19.1. The smallest absolute Gasteiger partial charge is 0.354 e. The van der Waals surface area contributed by atoms with Crippen molar-refractivity contribution in [1.29, 1.82) is 0 Å². The summed E-state index contributed by atoms with van der Waals surface area (Å²) in [5, 5.41) is 13.9. The summed E-state index contributed by atoms with van der Waals surface area (Å²) in [6.45, 7) is 0.890. The number of carbonyl (C=O) groups excluding carboxylic acids is 1. The Morgan fingerprint density at radius 2 is 2.22 bits per heavy atom. The lowest BCUT2D eigenvalue weighted by molar-refractivity contribution is -0.121. The molecule has 1 rings (SSSR count). The molecule has 7 heteroatoms. The van der Waals surface area contributed by atoms with Gasteiger partial charge in [-0.1, -0.05) is 6.07 Å². The van der Waals surface area contributed by atoms with Gasteiger partial charge in [0.2, 0.25) is 5.91 Å². The van der Waals surface area contributed by atoms with Crippen LogP contribution in [-0.2, 0) is 4.79 Å². The van der Waals surface area contributed by atoms with E-state index >= 15 is 0 Å². The fourth-order valence-corrected chi connectivity index (χ4v) is 1.25. The topological polar surface area (TPSA) is 91.3 Å². The van der Waals surface area contributed by atoms with Crippen molar-refractivity contribution in [2.24, 2.45) is 0 Å². The monoisotopic (exact) mass is 255 g/mol. The van der Waals surface area contributed by atoms with Crippen molar-refractivity contribution in [2.75, 3.05) is 18.5 Å². The number of nitrogens with one attached hydrogen (secondary N) is 2. The highest BCUT2D eigenvalue weighted by molar-refractivity contribution is 5.86. The number of rotatable bonds is 6. The number of carboxylic acid groups (broad SMARTS) is 1. The summed E-state index contributed by atoms with van der Waals surface area (Å²) >= 11 is 0. The number of pyridine rings is 1. The van der Waals surface area contributed by atoms with Gasteiger partial charge in [-0.2, -0.15) is 0 Å². The van der Waals surface area contributed by atoms with E-state index in [0.717, 1.165) is 0 Å². The first-order valence-electron chi connectivity index (χ1n) is 5.35. The van der Waals surface area contributed by atoms with Crippen LogP contribution in [-0.4, -0.2) is 41.2 Å². The van der Waals surface area contributed by atoms with Gasteiger partial charge in [0, 0.05) is 6.54 Å². The Balaban J connectivity index is 2.63. The SMILES string of the molecule is CC(Nc1cccc(C(=O)O)n1)C(=O)NCCF. The van der Waals surface area contributed by atoms with Gasteiger partial charge in [-0.15, -0.1) is 0 Å². The number of nitrogens with zero attached hydrogens (tertiary/aromatic N) is 1. The summed E-state index contributed by atoms with van der Waals surface area (Å²) in [7, 11) is 0. The minimum absolute atomic E-state index is 0.0482.